The molecule has 1 aromatic carbocycles. The quantitative estimate of drug-likeness (QED) is 0.515. The van der Waals surface area contributed by atoms with Gasteiger partial charge in [0.1, 0.15) is 5.82 Å². The summed E-state index contributed by atoms with van der Waals surface area (Å²) in [7, 11) is 1.34. The van der Waals surface area contributed by atoms with Crippen molar-refractivity contribution in [2.45, 2.75) is 39.5 Å². The average molecular weight is 323 g/mol. The largest absolute Gasteiger partial charge is 0.469 e. The van der Waals surface area contributed by atoms with Gasteiger partial charge in [0.2, 0.25) is 0 Å². The second kappa shape index (κ2) is 9.98. The van der Waals surface area contributed by atoms with E-state index in [0.29, 0.717) is 18.7 Å². The highest BCUT2D eigenvalue weighted by Crippen LogP contribution is 2.12. The zero-order valence-corrected chi connectivity index (χ0v) is 14.2. The number of amides is 1. The minimum atomic E-state index is -0.393. The van der Waals surface area contributed by atoms with Gasteiger partial charge in [-0.25, -0.2) is 4.39 Å². The molecule has 0 aliphatic rings. The summed E-state index contributed by atoms with van der Waals surface area (Å²) in [5.74, 6) is -1.29. The number of ether oxygens (including phenoxy) is 1. The molecule has 0 aliphatic heterocycles. The van der Waals surface area contributed by atoms with E-state index in [1.165, 1.54) is 31.4 Å². The monoisotopic (exact) mass is 323 g/mol. The fourth-order valence-electron chi connectivity index (χ4n) is 2.39. The number of methoxy groups -OCH3 is 1. The molecule has 0 fully saturated rings. The van der Waals surface area contributed by atoms with E-state index in [4.69, 9.17) is 4.74 Å². The van der Waals surface area contributed by atoms with Crippen LogP contribution in [-0.4, -0.2) is 37.0 Å². The number of unbranched alkanes of at least 4 members (excludes halogenated alkanes) is 3. The number of hydrogen-bond donors (Lipinski definition) is 0. The van der Waals surface area contributed by atoms with Crippen molar-refractivity contribution in [2.75, 3.05) is 20.2 Å². The standard InChI is InChI=1S/C18H26FNO3/c1-4-5-6-7-12-20(13-14(2)18(22)23-3)17(21)15-8-10-16(19)11-9-15/h8-11,14H,4-7,12-13H2,1-3H3. The molecule has 0 saturated heterocycles. The van der Waals surface area contributed by atoms with Crippen molar-refractivity contribution >= 4 is 11.9 Å². The lowest BCUT2D eigenvalue weighted by Gasteiger charge is -2.25. The molecule has 23 heavy (non-hydrogen) atoms. The van der Waals surface area contributed by atoms with Gasteiger partial charge in [-0.05, 0) is 30.7 Å². The van der Waals surface area contributed by atoms with E-state index in [-0.39, 0.29) is 17.7 Å². The minimum Gasteiger partial charge on any atom is -0.469 e. The van der Waals surface area contributed by atoms with Crippen molar-refractivity contribution in [3.8, 4) is 0 Å². The summed E-state index contributed by atoms with van der Waals surface area (Å²) in [5.41, 5.74) is 0.430. The smallest absolute Gasteiger partial charge is 0.310 e. The third-order valence-corrected chi connectivity index (χ3v) is 3.76. The molecule has 5 heteroatoms. The third kappa shape index (κ3) is 6.38. The first kappa shape index (κ1) is 19.1. The van der Waals surface area contributed by atoms with E-state index >= 15 is 0 Å². The number of halogens is 1. The average Bonchev–Trinajstić information content (AvgIpc) is 2.56. The number of benzene rings is 1. The molecule has 0 saturated carbocycles. The maximum atomic E-state index is 13.0. The summed E-state index contributed by atoms with van der Waals surface area (Å²) >= 11 is 0. The predicted molar refractivity (Wildman–Crippen MR) is 87.6 cm³/mol. The summed E-state index contributed by atoms with van der Waals surface area (Å²) in [4.78, 5) is 25.9. The van der Waals surface area contributed by atoms with Gasteiger partial charge in [-0.1, -0.05) is 33.1 Å². The molecule has 0 aromatic heterocycles. The Morgan fingerprint density at radius 2 is 1.83 bits per heavy atom. The van der Waals surface area contributed by atoms with E-state index < -0.39 is 5.92 Å². The van der Waals surface area contributed by atoms with Crippen LogP contribution in [0.4, 0.5) is 4.39 Å². The summed E-state index contributed by atoms with van der Waals surface area (Å²) in [5, 5.41) is 0. The summed E-state index contributed by atoms with van der Waals surface area (Å²) in [6.45, 7) is 4.75. The van der Waals surface area contributed by atoms with Gasteiger partial charge in [0, 0.05) is 18.7 Å². The highest BCUT2D eigenvalue weighted by atomic mass is 19.1. The van der Waals surface area contributed by atoms with E-state index in [1.54, 1.807) is 11.8 Å². The SMILES string of the molecule is CCCCCCN(CC(C)C(=O)OC)C(=O)c1ccc(F)cc1. The van der Waals surface area contributed by atoms with Crippen molar-refractivity contribution in [1.29, 1.82) is 0 Å². The second-order valence-electron chi connectivity index (χ2n) is 5.74. The molecular weight excluding hydrogens is 297 g/mol. The topological polar surface area (TPSA) is 46.6 Å². The van der Waals surface area contributed by atoms with E-state index in [0.717, 1.165) is 25.7 Å². The lowest BCUT2D eigenvalue weighted by molar-refractivity contribution is -0.145. The van der Waals surface area contributed by atoms with Crippen LogP contribution in [0.15, 0.2) is 24.3 Å². The Morgan fingerprint density at radius 3 is 2.39 bits per heavy atom. The lowest BCUT2D eigenvalue weighted by Crippen LogP contribution is -2.38. The summed E-state index contributed by atoms with van der Waals surface area (Å²) < 4.78 is 17.7. The zero-order chi connectivity index (χ0) is 17.2. The van der Waals surface area contributed by atoms with Crippen molar-refractivity contribution in [2.24, 2.45) is 5.92 Å². The first-order valence-electron chi connectivity index (χ1n) is 8.12. The molecule has 0 aliphatic carbocycles. The van der Waals surface area contributed by atoms with Crippen LogP contribution in [0.5, 0.6) is 0 Å². The van der Waals surface area contributed by atoms with Crippen LogP contribution in [0.2, 0.25) is 0 Å². The number of carbonyl (C=O) groups is 2. The Hall–Kier alpha value is -1.91. The van der Waals surface area contributed by atoms with E-state index in [9.17, 15) is 14.0 Å². The molecule has 4 nitrogen and oxygen atoms in total. The molecular formula is C18H26FNO3. The van der Waals surface area contributed by atoms with E-state index in [2.05, 4.69) is 6.92 Å². The highest BCUT2D eigenvalue weighted by Gasteiger charge is 2.22. The fraction of sp³-hybridized carbons (Fsp3) is 0.556. The van der Waals surface area contributed by atoms with Crippen LogP contribution >= 0.6 is 0 Å². The molecule has 0 N–H and O–H groups in total. The number of carbonyl (C=O) groups excluding carboxylic acids is 2. The second-order valence-corrected chi connectivity index (χ2v) is 5.74. The fourth-order valence-corrected chi connectivity index (χ4v) is 2.39. The van der Waals surface area contributed by atoms with Crippen LogP contribution in [0, 0.1) is 11.7 Å². The Labute approximate surface area is 137 Å². The minimum absolute atomic E-state index is 0.183. The van der Waals surface area contributed by atoms with Crippen LogP contribution in [-0.2, 0) is 9.53 Å². The third-order valence-electron chi connectivity index (χ3n) is 3.76. The van der Waals surface area contributed by atoms with Crippen molar-refractivity contribution in [3.63, 3.8) is 0 Å². The molecule has 0 heterocycles. The Bertz CT molecular complexity index is 501. The van der Waals surface area contributed by atoms with Gasteiger partial charge in [-0.3, -0.25) is 9.59 Å². The van der Waals surface area contributed by atoms with Gasteiger partial charge in [0.05, 0.1) is 13.0 Å². The number of rotatable bonds is 9. The molecule has 0 radical (unpaired) electrons. The van der Waals surface area contributed by atoms with E-state index in [1.807, 2.05) is 0 Å². The number of esters is 1. The first-order valence-corrected chi connectivity index (χ1v) is 8.12. The van der Waals surface area contributed by atoms with Crippen molar-refractivity contribution in [1.82, 2.24) is 4.90 Å². The van der Waals surface area contributed by atoms with Gasteiger partial charge < -0.3 is 9.64 Å². The van der Waals surface area contributed by atoms with Gasteiger partial charge in [0.25, 0.3) is 5.91 Å². The number of nitrogens with zero attached hydrogens (tertiary/aromatic N) is 1. The van der Waals surface area contributed by atoms with Crippen LogP contribution in [0.25, 0.3) is 0 Å². The van der Waals surface area contributed by atoms with Crippen molar-refractivity contribution in [3.05, 3.63) is 35.6 Å². The van der Waals surface area contributed by atoms with Gasteiger partial charge in [-0.15, -0.1) is 0 Å². The Morgan fingerprint density at radius 1 is 1.17 bits per heavy atom. The molecule has 1 amide bonds. The van der Waals surface area contributed by atoms with Gasteiger partial charge >= 0.3 is 5.97 Å². The van der Waals surface area contributed by atoms with Crippen LogP contribution in [0.1, 0.15) is 49.9 Å². The molecule has 1 aromatic rings. The molecule has 1 rings (SSSR count). The van der Waals surface area contributed by atoms with Crippen molar-refractivity contribution < 1.29 is 18.7 Å². The molecule has 0 bridgehead atoms. The normalized spacial score (nSPS) is 11.8. The summed E-state index contributed by atoms with van der Waals surface area (Å²) in [6.07, 6.45) is 4.15. The predicted octanol–water partition coefficient (Wildman–Crippen LogP) is 3.66. The molecule has 1 atom stereocenters. The Balaban J connectivity index is 2.77. The number of hydrogen-bond acceptors (Lipinski definition) is 3. The first-order chi connectivity index (χ1) is 11.0. The molecule has 128 valence electrons. The maximum absolute atomic E-state index is 13.0. The maximum Gasteiger partial charge on any atom is 0.310 e. The van der Waals surface area contributed by atoms with Crippen LogP contribution < -0.4 is 0 Å². The molecule has 1 unspecified atom stereocenters. The zero-order valence-electron chi connectivity index (χ0n) is 14.2. The molecule has 0 spiro atoms. The van der Waals surface area contributed by atoms with Gasteiger partial charge in [-0.2, -0.15) is 0 Å². The Kier molecular flexibility index (Phi) is 8.30. The van der Waals surface area contributed by atoms with Gasteiger partial charge in [0.15, 0.2) is 0 Å². The summed E-state index contributed by atoms with van der Waals surface area (Å²) in [6, 6.07) is 5.48. The van der Waals surface area contributed by atoms with Crippen LogP contribution in [0.3, 0.4) is 0 Å². The highest BCUT2D eigenvalue weighted by molar-refractivity contribution is 5.94. The lowest BCUT2D eigenvalue weighted by atomic mass is 10.1.